The van der Waals surface area contributed by atoms with E-state index in [0.29, 0.717) is 28.9 Å². The van der Waals surface area contributed by atoms with Crippen molar-refractivity contribution in [2.75, 3.05) is 5.32 Å². The SMILES string of the molecule is CCCCc1c(C(=O)Nc2ccc(-c3ccccc3F)nc2)cccc1[N+](=O)[O-]. The van der Waals surface area contributed by atoms with Gasteiger partial charge in [0.15, 0.2) is 0 Å². The molecule has 0 aliphatic carbocycles. The second-order valence-corrected chi connectivity index (χ2v) is 6.53. The minimum absolute atomic E-state index is 0.0564. The number of anilines is 1. The van der Waals surface area contributed by atoms with Crippen molar-refractivity contribution in [1.29, 1.82) is 0 Å². The summed E-state index contributed by atoms with van der Waals surface area (Å²) in [5.74, 6) is -0.825. The van der Waals surface area contributed by atoms with Crippen molar-refractivity contribution in [2.24, 2.45) is 0 Å². The lowest BCUT2D eigenvalue weighted by atomic mass is 9.99. The van der Waals surface area contributed by atoms with Crippen LogP contribution in [0.25, 0.3) is 11.3 Å². The third-order valence-electron chi connectivity index (χ3n) is 4.54. The molecule has 0 radical (unpaired) electrons. The minimum atomic E-state index is -0.466. The molecule has 1 N–H and O–H groups in total. The van der Waals surface area contributed by atoms with E-state index in [-0.39, 0.29) is 17.1 Å². The van der Waals surface area contributed by atoms with Gasteiger partial charge in [-0.25, -0.2) is 4.39 Å². The lowest BCUT2D eigenvalue weighted by Gasteiger charge is -2.11. The summed E-state index contributed by atoms with van der Waals surface area (Å²) in [5.41, 5.74) is 1.87. The first kappa shape index (κ1) is 20.1. The van der Waals surface area contributed by atoms with Gasteiger partial charge in [0.05, 0.1) is 22.5 Å². The number of hydrogen-bond acceptors (Lipinski definition) is 4. The highest BCUT2D eigenvalue weighted by Gasteiger charge is 2.21. The quantitative estimate of drug-likeness (QED) is 0.431. The first-order valence-electron chi connectivity index (χ1n) is 9.30. The molecule has 0 fully saturated rings. The van der Waals surface area contributed by atoms with E-state index in [1.807, 2.05) is 6.92 Å². The minimum Gasteiger partial charge on any atom is -0.321 e. The van der Waals surface area contributed by atoms with Crippen LogP contribution < -0.4 is 5.32 Å². The molecule has 3 aromatic rings. The summed E-state index contributed by atoms with van der Waals surface area (Å²) in [6.07, 6.45) is 3.47. The van der Waals surface area contributed by atoms with E-state index in [0.717, 1.165) is 12.8 Å². The Labute approximate surface area is 167 Å². The molecule has 1 heterocycles. The summed E-state index contributed by atoms with van der Waals surface area (Å²) in [7, 11) is 0. The molecular weight excluding hydrogens is 373 g/mol. The fourth-order valence-electron chi connectivity index (χ4n) is 3.07. The van der Waals surface area contributed by atoms with Gasteiger partial charge in [-0.2, -0.15) is 0 Å². The average molecular weight is 393 g/mol. The molecule has 6 nitrogen and oxygen atoms in total. The molecule has 148 valence electrons. The lowest BCUT2D eigenvalue weighted by Crippen LogP contribution is -2.15. The monoisotopic (exact) mass is 393 g/mol. The molecular formula is C22H20FN3O3. The molecule has 0 saturated heterocycles. The van der Waals surface area contributed by atoms with Gasteiger partial charge in [0, 0.05) is 22.8 Å². The number of nitrogens with zero attached hydrogens (tertiary/aromatic N) is 2. The van der Waals surface area contributed by atoms with Crippen LogP contribution in [0.1, 0.15) is 35.7 Å². The molecule has 0 spiro atoms. The van der Waals surface area contributed by atoms with Gasteiger partial charge >= 0.3 is 0 Å². The number of rotatable bonds is 7. The highest BCUT2D eigenvalue weighted by atomic mass is 19.1. The maximum absolute atomic E-state index is 13.9. The molecule has 0 saturated carbocycles. The van der Waals surface area contributed by atoms with Crippen LogP contribution >= 0.6 is 0 Å². The third-order valence-corrected chi connectivity index (χ3v) is 4.54. The van der Waals surface area contributed by atoms with E-state index < -0.39 is 10.8 Å². The van der Waals surface area contributed by atoms with Crippen molar-refractivity contribution in [3.8, 4) is 11.3 Å². The average Bonchev–Trinajstić information content (AvgIpc) is 2.73. The van der Waals surface area contributed by atoms with Crippen molar-refractivity contribution in [1.82, 2.24) is 4.98 Å². The number of unbranched alkanes of at least 4 members (excludes halogenated alkanes) is 1. The van der Waals surface area contributed by atoms with Crippen LogP contribution in [-0.4, -0.2) is 15.8 Å². The van der Waals surface area contributed by atoms with Crippen LogP contribution in [0.15, 0.2) is 60.8 Å². The van der Waals surface area contributed by atoms with Crippen LogP contribution in [0.3, 0.4) is 0 Å². The van der Waals surface area contributed by atoms with E-state index in [2.05, 4.69) is 10.3 Å². The van der Waals surface area contributed by atoms with E-state index in [4.69, 9.17) is 0 Å². The number of pyridine rings is 1. The predicted octanol–water partition coefficient (Wildman–Crippen LogP) is 5.39. The Bertz CT molecular complexity index is 1040. The molecule has 0 aliphatic heterocycles. The van der Waals surface area contributed by atoms with Crippen LogP contribution in [0.5, 0.6) is 0 Å². The number of carbonyl (C=O) groups is 1. The molecule has 0 unspecified atom stereocenters. The molecule has 1 aromatic heterocycles. The summed E-state index contributed by atoms with van der Waals surface area (Å²) in [6, 6.07) is 14.0. The molecule has 0 atom stereocenters. The summed E-state index contributed by atoms with van der Waals surface area (Å²) in [4.78, 5) is 27.9. The summed E-state index contributed by atoms with van der Waals surface area (Å²) < 4.78 is 13.9. The fourth-order valence-corrected chi connectivity index (χ4v) is 3.07. The van der Waals surface area contributed by atoms with E-state index >= 15 is 0 Å². The second-order valence-electron chi connectivity index (χ2n) is 6.53. The Balaban J connectivity index is 1.84. The number of nitro benzene ring substituents is 1. The molecule has 2 aromatic carbocycles. The first-order valence-corrected chi connectivity index (χ1v) is 9.30. The highest BCUT2D eigenvalue weighted by molar-refractivity contribution is 6.05. The normalized spacial score (nSPS) is 10.6. The Morgan fingerprint density at radius 2 is 1.93 bits per heavy atom. The Hall–Kier alpha value is -3.61. The maximum Gasteiger partial charge on any atom is 0.273 e. The van der Waals surface area contributed by atoms with Crippen LogP contribution in [0.4, 0.5) is 15.8 Å². The van der Waals surface area contributed by atoms with E-state index in [9.17, 15) is 19.3 Å². The molecule has 0 aliphatic rings. The van der Waals surface area contributed by atoms with Crippen molar-refractivity contribution in [3.05, 3.63) is 87.9 Å². The van der Waals surface area contributed by atoms with Gasteiger partial charge in [-0.1, -0.05) is 31.5 Å². The fraction of sp³-hybridized carbons (Fsp3) is 0.182. The van der Waals surface area contributed by atoms with Gasteiger partial charge in [-0.15, -0.1) is 0 Å². The largest absolute Gasteiger partial charge is 0.321 e. The van der Waals surface area contributed by atoms with E-state index in [1.54, 1.807) is 36.4 Å². The Kier molecular flexibility index (Phi) is 6.29. The van der Waals surface area contributed by atoms with E-state index in [1.165, 1.54) is 24.4 Å². The van der Waals surface area contributed by atoms with Crippen LogP contribution in [0.2, 0.25) is 0 Å². The number of amides is 1. The van der Waals surface area contributed by atoms with Gasteiger partial charge in [-0.3, -0.25) is 19.9 Å². The van der Waals surface area contributed by atoms with Gasteiger partial charge in [0.2, 0.25) is 0 Å². The van der Waals surface area contributed by atoms with Gasteiger partial charge in [-0.05, 0) is 43.2 Å². The zero-order valence-corrected chi connectivity index (χ0v) is 15.9. The van der Waals surface area contributed by atoms with Gasteiger partial charge < -0.3 is 5.32 Å². The number of carbonyl (C=O) groups excluding carboxylic acids is 1. The molecule has 7 heteroatoms. The van der Waals surface area contributed by atoms with Crippen LogP contribution in [-0.2, 0) is 6.42 Å². The van der Waals surface area contributed by atoms with Crippen molar-refractivity contribution >= 4 is 17.3 Å². The molecule has 0 bridgehead atoms. The smallest absolute Gasteiger partial charge is 0.273 e. The number of hydrogen-bond donors (Lipinski definition) is 1. The summed E-state index contributed by atoms with van der Waals surface area (Å²) in [6.45, 7) is 1.98. The van der Waals surface area contributed by atoms with Crippen molar-refractivity contribution in [2.45, 2.75) is 26.2 Å². The molecule has 29 heavy (non-hydrogen) atoms. The maximum atomic E-state index is 13.9. The third kappa shape index (κ3) is 4.63. The Morgan fingerprint density at radius 1 is 1.14 bits per heavy atom. The lowest BCUT2D eigenvalue weighted by molar-refractivity contribution is -0.385. The number of aromatic nitrogens is 1. The first-order chi connectivity index (χ1) is 14.0. The number of benzene rings is 2. The standard InChI is InChI=1S/C22H20FN3O3/c1-2-3-7-16-17(9-6-11-21(16)26(28)29)22(27)25-15-12-13-20(24-14-15)18-8-4-5-10-19(18)23/h4-6,8-14H,2-3,7H2,1H3,(H,25,27). The van der Waals surface area contributed by atoms with Gasteiger partial charge in [0.1, 0.15) is 5.82 Å². The zero-order chi connectivity index (χ0) is 20.8. The highest BCUT2D eigenvalue weighted by Crippen LogP contribution is 2.26. The number of halogens is 1. The summed E-state index contributed by atoms with van der Waals surface area (Å²) in [5, 5.41) is 14.1. The molecule has 1 amide bonds. The second kappa shape index (κ2) is 9.05. The predicted molar refractivity (Wildman–Crippen MR) is 109 cm³/mol. The van der Waals surface area contributed by atoms with Crippen LogP contribution in [0, 0.1) is 15.9 Å². The van der Waals surface area contributed by atoms with Crippen molar-refractivity contribution < 1.29 is 14.1 Å². The topological polar surface area (TPSA) is 85.1 Å². The Morgan fingerprint density at radius 3 is 2.59 bits per heavy atom. The number of nitro groups is 1. The van der Waals surface area contributed by atoms with Gasteiger partial charge in [0.25, 0.3) is 11.6 Å². The zero-order valence-electron chi connectivity index (χ0n) is 15.9. The van der Waals surface area contributed by atoms with Crippen molar-refractivity contribution in [3.63, 3.8) is 0 Å². The molecule has 3 rings (SSSR count). The number of nitrogens with one attached hydrogen (secondary N) is 1. The summed E-state index contributed by atoms with van der Waals surface area (Å²) >= 11 is 0.